The molecule has 0 bridgehead atoms. The van der Waals surface area contributed by atoms with Crippen molar-refractivity contribution in [2.45, 2.75) is 25.7 Å². The van der Waals surface area contributed by atoms with Gasteiger partial charge < -0.3 is 4.74 Å². The van der Waals surface area contributed by atoms with Crippen LogP contribution in [0.4, 0.5) is 0 Å². The number of ether oxygens (including phenoxy) is 1. The van der Waals surface area contributed by atoms with E-state index in [9.17, 15) is 9.59 Å². The predicted molar refractivity (Wildman–Crippen MR) is 89.8 cm³/mol. The first-order valence-electron chi connectivity index (χ1n) is 7.32. The zero-order valence-corrected chi connectivity index (χ0v) is 14.2. The highest BCUT2D eigenvalue weighted by Gasteiger charge is 2.47. The summed E-state index contributed by atoms with van der Waals surface area (Å²) >= 11 is 2.29. The summed E-state index contributed by atoms with van der Waals surface area (Å²) in [5.74, 6) is -0.659. The number of cyclic esters (lactones) is 1. The number of hydrogen-bond donors (Lipinski definition) is 0. The molecule has 0 radical (unpaired) electrons. The number of carbonyl (C=O) groups excluding carboxylic acids is 2. The van der Waals surface area contributed by atoms with Crippen LogP contribution in [0.15, 0.2) is 34.5 Å². The first kappa shape index (κ1) is 14.1. The number of esters is 1. The van der Waals surface area contributed by atoms with Crippen LogP contribution in [0.2, 0.25) is 0 Å². The number of rotatable bonds is 1. The number of halogens is 1. The Bertz CT molecular complexity index is 778. The van der Waals surface area contributed by atoms with E-state index in [-0.39, 0.29) is 30.2 Å². The molecule has 0 aromatic heterocycles. The molecule has 22 heavy (non-hydrogen) atoms. The third-order valence-corrected chi connectivity index (χ3v) is 5.84. The van der Waals surface area contributed by atoms with Gasteiger partial charge >= 0.3 is 5.97 Å². The molecule has 3 aliphatic rings. The lowest BCUT2D eigenvalue weighted by atomic mass is 9.76. The van der Waals surface area contributed by atoms with Gasteiger partial charge in [0.1, 0.15) is 12.4 Å². The Morgan fingerprint density at radius 3 is 2.82 bits per heavy atom. The summed E-state index contributed by atoms with van der Waals surface area (Å²) in [6.07, 6.45) is 1.23. The predicted octanol–water partition coefficient (Wildman–Crippen LogP) is 2.93. The maximum absolute atomic E-state index is 12.4. The number of fused-ring (bicyclic) bond motifs is 1. The third-order valence-electron chi connectivity index (χ3n) is 4.68. The van der Waals surface area contributed by atoms with E-state index in [1.165, 1.54) is 5.56 Å². The van der Waals surface area contributed by atoms with Crippen LogP contribution in [0.1, 0.15) is 29.9 Å². The first-order valence-corrected chi connectivity index (χ1v) is 8.40. The molecule has 2 atom stereocenters. The fraction of sp³-hybridized carbons (Fsp3) is 0.353. The van der Waals surface area contributed by atoms with E-state index in [1.54, 1.807) is 0 Å². The number of aryl methyl sites for hydroxylation is 1. The standard InChI is InChI=1S/C17H14INO3/c1-8-2-3-9(6-10(8)18)14-15-11(4-5-13(15)20)19-12-7-22-17(21)16(12)14/h2-3,6,14-15H,4-5,7H2,1H3. The lowest BCUT2D eigenvalue weighted by molar-refractivity contribution is -0.136. The van der Waals surface area contributed by atoms with E-state index in [1.807, 2.05) is 12.1 Å². The van der Waals surface area contributed by atoms with Crippen LogP contribution in [0.5, 0.6) is 0 Å². The van der Waals surface area contributed by atoms with Crippen molar-refractivity contribution < 1.29 is 14.3 Å². The molecule has 1 fully saturated rings. The van der Waals surface area contributed by atoms with E-state index >= 15 is 0 Å². The Labute approximate surface area is 141 Å². The highest BCUT2D eigenvalue weighted by atomic mass is 127. The van der Waals surface area contributed by atoms with E-state index in [4.69, 9.17) is 4.74 Å². The minimum absolute atomic E-state index is 0.186. The van der Waals surface area contributed by atoms with Gasteiger partial charge in [0.2, 0.25) is 0 Å². The minimum Gasteiger partial charge on any atom is -0.456 e. The molecule has 0 N–H and O–H groups in total. The molecule has 4 nitrogen and oxygen atoms in total. The van der Waals surface area contributed by atoms with Crippen molar-refractivity contribution in [1.29, 1.82) is 0 Å². The van der Waals surface area contributed by atoms with Gasteiger partial charge in [-0.2, -0.15) is 0 Å². The van der Waals surface area contributed by atoms with Crippen molar-refractivity contribution in [2.24, 2.45) is 10.9 Å². The van der Waals surface area contributed by atoms with Crippen molar-refractivity contribution in [3.63, 3.8) is 0 Å². The largest absolute Gasteiger partial charge is 0.456 e. The molecule has 4 rings (SSSR count). The fourth-order valence-electron chi connectivity index (χ4n) is 3.56. The maximum Gasteiger partial charge on any atom is 0.337 e. The van der Waals surface area contributed by atoms with E-state index in [0.29, 0.717) is 24.1 Å². The topological polar surface area (TPSA) is 55.7 Å². The normalized spacial score (nSPS) is 26.7. The number of aliphatic imine (C=N–C) groups is 1. The summed E-state index contributed by atoms with van der Waals surface area (Å²) in [6.45, 7) is 2.28. The summed E-state index contributed by atoms with van der Waals surface area (Å²) in [5.41, 5.74) is 4.42. The molecule has 1 aromatic rings. The van der Waals surface area contributed by atoms with Gasteiger partial charge in [-0.3, -0.25) is 9.79 Å². The number of benzene rings is 1. The molecule has 1 aromatic carbocycles. The summed E-state index contributed by atoms with van der Waals surface area (Å²) in [5, 5.41) is 0. The van der Waals surface area contributed by atoms with Gasteiger partial charge in [-0.05, 0) is 53.1 Å². The SMILES string of the molecule is Cc1ccc(C2C3=C(COC3=O)N=C3CCC(=O)C32)cc1I. The first-order chi connectivity index (χ1) is 10.6. The molecule has 0 spiro atoms. The highest BCUT2D eigenvalue weighted by molar-refractivity contribution is 14.1. The molecular formula is C17H14INO3. The summed E-state index contributed by atoms with van der Waals surface area (Å²) in [7, 11) is 0. The van der Waals surface area contributed by atoms with Crippen molar-refractivity contribution in [2.75, 3.05) is 6.61 Å². The number of hydrogen-bond acceptors (Lipinski definition) is 4. The Hall–Kier alpha value is -1.50. The summed E-state index contributed by atoms with van der Waals surface area (Å²) < 4.78 is 6.31. The van der Waals surface area contributed by atoms with Gasteiger partial charge in [0.05, 0.1) is 17.2 Å². The number of ketones is 1. The molecule has 2 unspecified atom stereocenters. The van der Waals surface area contributed by atoms with Gasteiger partial charge in [0.25, 0.3) is 0 Å². The van der Waals surface area contributed by atoms with E-state index < -0.39 is 0 Å². The number of carbonyl (C=O) groups is 2. The number of Topliss-reactive ketones (excluding diaryl/α,β-unsaturated/α-hetero) is 1. The van der Waals surface area contributed by atoms with Crippen molar-refractivity contribution in [3.05, 3.63) is 44.2 Å². The Morgan fingerprint density at radius 1 is 1.23 bits per heavy atom. The van der Waals surface area contributed by atoms with Gasteiger partial charge in [-0.1, -0.05) is 12.1 Å². The quantitative estimate of drug-likeness (QED) is 0.532. The van der Waals surface area contributed by atoms with Gasteiger partial charge in [0, 0.05) is 21.6 Å². The smallest absolute Gasteiger partial charge is 0.337 e. The van der Waals surface area contributed by atoms with Crippen LogP contribution in [0, 0.1) is 16.4 Å². The lowest BCUT2D eigenvalue weighted by Crippen LogP contribution is -2.30. The summed E-state index contributed by atoms with van der Waals surface area (Å²) in [6, 6.07) is 6.14. The second kappa shape index (κ2) is 5.01. The molecule has 2 heterocycles. The zero-order valence-electron chi connectivity index (χ0n) is 12.1. The molecule has 1 saturated carbocycles. The summed E-state index contributed by atoms with van der Waals surface area (Å²) in [4.78, 5) is 29.1. The highest BCUT2D eigenvalue weighted by Crippen LogP contribution is 2.45. The van der Waals surface area contributed by atoms with Crippen LogP contribution in [-0.2, 0) is 14.3 Å². The Morgan fingerprint density at radius 2 is 2.05 bits per heavy atom. The molecular weight excluding hydrogens is 393 g/mol. The average Bonchev–Trinajstić information content (AvgIpc) is 3.05. The van der Waals surface area contributed by atoms with Crippen LogP contribution >= 0.6 is 22.6 Å². The fourth-order valence-corrected chi connectivity index (χ4v) is 4.10. The molecule has 5 heteroatoms. The second-order valence-electron chi connectivity index (χ2n) is 5.97. The second-order valence-corrected chi connectivity index (χ2v) is 7.13. The van der Waals surface area contributed by atoms with Crippen LogP contribution < -0.4 is 0 Å². The van der Waals surface area contributed by atoms with Crippen LogP contribution in [-0.4, -0.2) is 24.1 Å². The zero-order chi connectivity index (χ0) is 15.4. The van der Waals surface area contributed by atoms with Crippen molar-refractivity contribution in [1.82, 2.24) is 0 Å². The monoisotopic (exact) mass is 407 g/mol. The molecule has 2 aliphatic heterocycles. The number of nitrogens with zero attached hydrogens (tertiary/aromatic N) is 1. The molecule has 0 amide bonds. The van der Waals surface area contributed by atoms with Crippen LogP contribution in [0.25, 0.3) is 0 Å². The molecule has 1 aliphatic carbocycles. The van der Waals surface area contributed by atoms with Gasteiger partial charge in [0.15, 0.2) is 0 Å². The van der Waals surface area contributed by atoms with Gasteiger partial charge in [-0.15, -0.1) is 0 Å². The molecule has 0 saturated heterocycles. The van der Waals surface area contributed by atoms with Gasteiger partial charge in [-0.25, -0.2) is 4.79 Å². The Balaban J connectivity index is 1.90. The van der Waals surface area contributed by atoms with Crippen LogP contribution in [0.3, 0.4) is 0 Å². The van der Waals surface area contributed by atoms with Crippen molar-refractivity contribution >= 4 is 40.1 Å². The Kier molecular flexibility index (Phi) is 3.21. The third kappa shape index (κ3) is 1.98. The minimum atomic E-state index is -0.321. The molecule has 112 valence electrons. The lowest BCUT2D eigenvalue weighted by Gasteiger charge is -2.27. The van der Waals surface area contributed by atoms with Crippen molar-refractivity contribution in [3.8, 4) is 0 Å². The average molecular weight is 407 g/mol. The van der Waals surface area contributed by atoms with E-state index in [0.717, 1.165) is 14.8 Å². The van der Waals surface area contributed by atoms with E-state index in [2.05, 4.69) is 40.6 Å². The maximum atomic E-state index is 12.4.